The van der Waals surface area contributed by atoms with E-state index in [0.29, 0.717) is 10.4 Å². The number of alkyl halides is 3. The molecule has 164 valence electrons. The highest BCUT2D eigenvalue weighted by molar-refractivity contribution is 6.04. The molecule has 0 spiro atoms. The molecule has 32 heavy (non-hydrogen) atoms. The van der Waals surface area contributed by atoms with Crippen LogP contribution in [0.3, 0.4) is 0 Å². The normalized spacial score (nSPS) is 11.0. The lowest BCUT2D eigenvalue weighted by Gasteiger charge is -2.13. The average Bonchev–Trinajstić information content (AvgIpc) is 3.22. The predicted molar refractivity (Wildman–Crippen MR) is 108 cm³/mol. The van der Waals surface area contributed by atoms with E-state index in [-0.39, 0.29) is 24.3 Å². The van der Waals surface area contributed by atoms with Crippen molar-refractivity contribution in [1.29, 1.82) is 5.26 Å². The van der Waals surface area contributed by atoms with E-state index in [1.807, 2.05) is 6.07 Å². The van der Waals surface area contributed by atoms with Crippen molar-refractivity contribution in [2.75, 3.05) is 11.9 Å². The minimum absolute atomic E-state index is 0.0188. The van der Waals surface area contributed by atoms with Crippen molar-refractivity contribution in [3.63, 3.8) is 0 Å². The third kappa shape index (κ3) is 4.95. The van der Waals surface area contributed by atoms with Gasteiger partial charge in [0.2, 0.25) is 0 Å². The molecule has 1 heterocycles. The Hall–Kier alpha value is -4.13. The highest BCUT2D eigenvalue weighted by atomic mass is 19.4. The van der Waals surface area contributed by atoms with Crippen molar-refractivity contribution >= 4 is 17.6 Å². The number of benzene rings is 2. The lowest BCUT2D eigenvalue weighted by Crippen LogP contribution is -2.18. The van der Waals surface area contributed by atoms with Crippen LogP contribution in [-0.4, -0.2) is 28.3 Å². The number of ether oxygens (including phenoxy) is 1. The molecule has 0 bridgehead atoms. The summed E-state index contributed by atoms with van der Waals surface area (Å²) in [5.74, 6) is -1.59. The second-order valence-electron chi connectivity index (χ2n) is 6.57. The second-order valence-corrected chi connectivity index (χ2v) is 6.57. The van der Waals surface area contributed by atoms with Gasteiger partial charge in [-0.3, -0.25) is 4.79 Å². The molecule has 3 rings (SSSR count). The number of carbonyl (C=O) groups is 2. The standard InChI is InChI=1S/C22H17F3N4O3/c1-2-32-21(31)18-13-27-29(19(18)22(23,24)25)17-9-5-15(6-10-17)20(30)28-16-7-3-14(4-8-16)11-12-26/h3-10,13H,2,11H2,1H3,(H,28,30). The fourth-order valence-electron chi connectivity index (χ4n) is 2.93. The van der Waals surface area contributed by atoms with Gasteiger partial charge in [0.1, 0.15) is 5.56 Å². The summed E-state index contributed by atoms with van der Waals surface area (Å²) in [7, 11) is 0. The number of carbonyl (C=O) groups excluding carboxylic acids is 2. The van der Waals surface area contributed by atoms with E-state index in [1.165, 1.54) is 31.2 Å². The molecule has 0 saturated heterocycles. The number of rotatable bonds is 6. The Morgan fingerprint density at radius 1 is 1.12 bits per heavy atom. The molecular formula is C22H17F3N4O3. The number of amides is 1. The Bertz CT molecular complexity index is 1160. The number of aromatic nitrogens is 2. The Morgan fingerprint density at radius 2 is 1.78 bits per heavy atom. The largest absolute Gasteiger partial charge is 0.462 e. The van der Waals surface area contributed by atoms with Gasteiger partial charge in [-0.15, -0.1) is 0 Å². The maximum Gasteiger partial charge on any atom is 0.434 e. The highest BCUT2D eigenvalue weighted by Crippen LogP contribution is 2.34. The Kier molecular flexibility index (Phi) is 6.59. The molecule has 0 unspecified atom stereocenters. The van der Waals surface area contributed by atoms with Crippen molar-refractivity contribution in [3.8, 4) is 11.8 Å². The maximum atomic E-state index is 13.6. The quantitative estimate of drug-likeness (QED) is 0.572. The van der Waals surface area contributed by atoms with Gasteiger partial charge in [0.25, 0.3) is 5.91 Å². The monoisotopic (exact) mass is 442 g/mol. The lowest BCUT2D eigenvalue weighted by atomic mass is 10.1. The van der Waals surface area contributed by atoms with E-state index in [4.69, 9.17) is 5.26 Å². The molecule has 0 aliphatic carbocycles. The zero-order valence-electron chi connectivity index (χ0n) is 16.8. The van der Waals surface area contributed by atoms with Crippen molar-refractivity contribution < 1.29 is 27.5 Å². The smallest absolute Gasteiger partial charge is 0.434 e. The van der Waals surface area contributed by atoms with Gasteiger partial charge in [0.15, 0.2) is 5.69 Å². The van der Waals surface area contributed by atoms with Crippen LogP contribution in [0.2, 0.25) is 0 Å². The lowest BCUT2D eigenvalue weighted by molar-refractivity contribution is -0.143. The van der Waals surface area contributed by atoms with E-state index >= 15 is 0 Å². The second kappa shape index (κ2) is 9.34. The molecule has 7 nitrogen and oxygen atoms in total. The number of hydrogen-bond acceptors (Lipinski definition) is 5. The number of nitrogens with zero attached hydrogens (tertiary/aromatic N) is 3. The summed E-state index contributed by atoms with van der Waals surface area (Å²) in [6.45, 7) is 1.41. The van der Waals surface area contributed by atoms with Gasteiger partial charge < -0.3 is 10.1 Å². The minimum atomic E-state index is -4.85. The first kappa shape index (κ1) is 22.6. The fourth-order valence-corrected chi connectivity index (χ4v) is 2.93. The van der Waals surface area contributed by atoms with E-state index in [1.54, 1.807) is 24.3 Å². The van der Waals surface area contributed by atoms with Gasteiger partial charge in [0.05, 0.1) is 31.0 Å². The van der Waals surface area contributed by atoms with Gasteiger partial charge in [-0.25, -0.2) is 9.48 Å². The molecule has 0 aliphatic heterocycles. The molecule has 1 aromatic heterocycles. The molecule has 3 aromatic rings. The van der Waals surface area contributed by atoms with Crippen LogP contribution in [-0.2, 0) is 17.3 Å². The van der Waals surface area contributed by atoms with Crippen LogP contribution in [0.4, 0.5) is 18.9 Å². The first-order valence-electron chi connectivity index (χ1n) is 9.44. The molecule has 0 fully saturated rings. The van der Waals surface area contributed by atoms with Crippen molar-refractivity contribution in [3.05, 3.63) is 77.1 Å². The van der Waals surface area contributed by atoms with Crippen LogP contribution in [0.1, 0.15) is 38.9 Å². The number of hydrogen-bond donors (Lipinski definition) is 1. The summed E-state index contributed by atoms with van der Waals surface area (Å²) in [6.07, 6.45) is -3.80. The van der Waals surface area contributed by atoms with E-state index in [2.05, 4.69) is 15.2 Å². The summed E-state index contributed by atoms with van der Waals surface area (Å²) >= 11 is 0. The summed E-state index contributed by atoms with van der Waals surface area (Å²) in [4.78, 5) is 24.3. The van der Waals surface area contributed by atoms with Crippen LogP contribution in [0.5, 0.6) is 0 Å². The third-order valence-electron chi connectivity index (χ3n) is 4.40. The van der Waals surface area contributed by atoms with Gasteiger partial charge >= 0.3 is 12.1 Å². The molecule has 1 N–H and O–H groups in total. The first-order valence-corrected chi connectivity index (χ1v) is 9.44. The number of nitriles is 1. The fraction of sp³-hybridized carbons (Fsp3) is 0.182. The van der Waals surface area contributed by atoms with Crippen LogP contribution in [0.15, 0.2) is 54.7 Å². The Balaban J connectivity index is 1.83. The summed E-state index contributed by atoms with van der Waals surface area (Å²) in [6, 6.07) is 14.0. The minimum Gasteiger partial charge on any atom is -0.462 e. The van der Waals surface area contributed by atoms with Crippen LogP contribution < -0.4 is 5.32 Å². The molecular weight excluding hydrogens is 425 g/mol. The maximum absolute atomic E-state index is 13.6. The van der Waals surface area contributed by atoms with E-state index < -0.39 is 29.3 Å². The van der Waals surface area contributed by atoms with Gasteiger partial charge in [0, 0.05) is 11.3 Å². The average molecular weight is 442 g/mol. The number of anilines is 1. The van der Waals surface area contributed by atoms with E-state index in [0.717, 1.165) is 11.8 Å². The molecule has 10 heteroatoms. The van der Waals surface area contributed by atoms with E-state index in [9.17, 15) is 22.8 Å². The summed E-state index contributed by atoms with van der Waals surface area (Å²) in [5, 5.41) is 15.1. The summed E-state index contributed by atoms with van der Waals surface area (Å²) < 4.78 is 46.1. The molecule has 1 amide bonds. The van der Waals surface area contributed by atoms with Crippen LogP contribution >= 0.6 is 0 Å². The topological polar surface area (TPSA) is 97.0 Å². The Morgan fingerprint density at radius 3 is 2.34 bits per heavy atom. The third-order valence-corrected chi connectivity index (χ3v) is 4.40. The predicted octanol–water partition coefficient (Wildman–Crippen LogP) is 4.39. The molecule has 2 aromatic carbocycles. The highest BCUT2D eigenvalue weighted by Gasteiger charge is 2.41. The molecule has 0 radical (unpaired) electrons. The molecule has 0 aliphatic rings. The first-order chi connectivity index (χ1) is 15.2. The number of halogens is 3. The van der Waals surface area contributed by atoms with Gasteiger partial charge in [-0.05, 0) is 48.9 Å². The molecule has 0 atom stereocenters. The SMILES string of the molecule is CCOC(=O)c1cnn(-c2ccc(C(=O)Nc3ccc(CC#N)cc3)cc2)c1C(F)(F)F. The summed E-state index contributed by atoms with van der Waals surface area (Å²) in [5.41, 5.74) is -0.416. The molecule has 0 saturated carbocycles. The zero-order valence-corrected chi connectivity index (χ0v) is 16.8. The Labute approximate surface area is 181 Å². The van der Waals surface area contributed by atoms with Crippen molar-refractivity contribution in [2.24, 2.45) is 0 Å². The van der Waals surface area contributed by atoms with Crippen molar-refractivity contribution in [2.45, 2.75) is 19.5 Å². The zero-order chi connectivity index (χ0) is 23.3. The van der Waals surface area contributed by atoms with Crippen molar-refractivity contribution in [1.82, 2.24) is 9.78 Å². The van der Waals surface area contributed by atoms with Crippen LogP contribution in [0.25, 0.3) is 5.69 Å². The number of esters is 1. The van der Waals surface area contributed by atoms with Crippen LogP contribution in [0, 0.1) is 11.3 Å². The van der Waals surface area contributed by atoms with Gasteiger partial charge in [-0.2, -0.15) is 23.5 Å². The van der Waals surface area contributed by atoms with Gasteiger partial charge in [-0.1, -0.05) is 12.1 Å². The number of nitrogens with one attached hydrogen (secondary N) is 1.